The van der Waals surface area contributed by atoms with Gasteiger partial charge in [0.2, 0.25) is 0 Å². The zero-order valence-corrected chi connectivity index (χ0v) is 15.5. The third kappa shape index (κ3) is 3.82. The van der Waals surface area contributed by atoms with E-state index in [1.807, 2.05) is 0 Å². The SMILES string of the molecule is CC(C)(C)[Si](C)(C)OCC1CSc2cc([N+](=O)[O-])ccc2O1. The van der Waals surface area contributed by atoms with Gasteiger partial charge in [0.15, 0.2) is 8.32 Å². The molecule has 0 N–H and O–H groups in total. The molecule has 1 atom stereocenters. The number of thioether (sulfide) groups is 1. The van der Waals surface area contributed by atoms with E-state index in [2.05, 4.69) is 33.9 Å². The van der Waals surface area contributed by atoms with Gasteiger partial charge < -0.3 is 9.16 Å². The molecule has 0 fully saturated rings. The Hall–Kier alpha value is -1.05. The summed E-state index contributed by atoms with van der Waals surface area (Å²) in [7, 11) is -1.78. The normalized spacial score (nSPS) is 18.5. The third-order valence-electron chi connectivity index (χ3n) is 4.29. The lowest BCUT2D eigenvalue weighted by molar-refractivity contribution is -0.385. The predicted molar refractivity (Wildman–Crippen MR) is 91.4 cm³/mol. The van der Waals surface area contributed by atoms with Gasteiger partial charge in [-0.3, -0.25) is 10.1 Å². The first-order valence-corrected chi connectivity index (χ1v) is 11.2. The van der Waals surface area contributed by atoms with Gasteiger partial charge in [-0.1, -0.05) is 20.8 Å². The van der Waals surface area contributed by atoms with E-state index in [1.165, 1.54) is 6.07 Å². The molecule has 7 heteroatoms. The smallest absolute Gasteiger partial charge is 0.270 e. The van der Waals surface area contributed by atoms with Crippen LogP contribution < -0.4 is 4.74 Å². The van der Waals surface area contributed by atoms with Gasteiger partial charge in [0.25, 0.3) is 5.69 Å². The maximum absolute atomic E-state index is 10.8. The molecular formula is C15H23NO4SSi. The van der Waals surface area contributed by atoms with Crippen molar-refractivity contribution in [3.05, 3.63) is 28.3 Å². The van der Waals surface area contributed by atoms with Crippen LogP contribution in [0.1, 0.15) is 20.8 Å². The number of hydrogen-bond donors (Lipinski definition) is 0. The van der Waals surface area contributed by atoms with E-state index < -0.39 is 8.32 Å². The molecule has 0 aliphatic carbocycles. The van der Waals surface area contributed by atoms with E-state index in [0.717, 1.165) is 10.6 Å². The Morgan fingerprint density at radius 2 is 2.14 bits per heavy atom. The standard InChI is InChI=1S/C15H23NO4SSi/c1-15(2,3)22(4,5)19-9-12-10-21-14-8-11(16(17)18)6-7-13(14)20-12/h6-8,12H,9-10H2,1-5H3. The van der Waals surface area contributed by atoms with E-state index in [1.54, 1.807) is 23.9 Å². The second kappa shape index (κ2) is 6.21. The second-order valence-corrected chi connectivity index (χ2v) is 12.9. The fourth-order valence-corrected chi connectivity index (χ4v) is 3.84. The molecule has 0 amide bonds. The molecule has 122 valence electrons. The fourth-order valence-electron chi connectivity index (χ4n) is 1.82. The Morgan fingerprint density at radius 3 is 2.73 bits per heavy atom. The summed E-state index contributed by atoms with van der Waals surface area (Å²) < 4.78 is 12.1. The van der Waals surface area contributed by atoms with Crippen LogP contribution in [0.4, 0.5) is 5.69 Å². The highest BCUT2D eigenvalue weighted by molar-refractivity contribution is 7.99. The van der Waals surface area contributed by atoms with Crippen LogP contribution in [0.15, 0.2) is 23.1 Å². The van der Waals surface area contributed by atoms with Gasteiger partial charge >= 0.3 is 0 Å². The van der Waals surface area contributed by atoms with Crippen LogP contribution in [-0.4, -0.2) is 31.7 Å². The average Bonchev–Trinajstić information content (AvgIpc) is 2.43. The molecule has 1 heterocycles. The summed E-state index contributed by atoms with van der Waals surface area (Å²) in [6, 6.07) is 4.74. The molecule has 1 aromatic carbocycles. The second-order valence-electron chi connectivity index (χ2n) is 7.01. The van der Waals surface area contributed by atoms with Crippen LogP contribution in [0.2, 0.25) is 18.1 Å². The topological polar surface area (TPSA) is 61.6 Å². The molecule has 5 nitrogen and oxygen atoms in total. The summed E-state index contributed by atoms with van der Waals surface area (Å²) >= 11 is 1.59. The van der Waals surface area contributed by atoms with Crippen molar-refractivity contribution in [2.24, 2.45) is 0 Å². The number of nitrogens with zero attached hydrogens (tertiary/aromatic N) is 1. The number of ether oxygens (including phenoxy) is 1. The van der Waals surface area contributed by atoms with Gasteiger partial charge in [-0.25, -0.2) is 0 Å². The van der Waals surface area contributed by atoms with Crippen LogP contribution in [0.5, 0.6) is 5.75 Å². The van der Waals surface area contributed by atoms with Gasteiger partial charge in [0.05, 0.1) is 16.4 Å². The van der Waals surface area contributed by atoms with Gasteiger partial charge in [0.1, 0.15) is 11.9 Å². The first kappa shape index (κ1) is 17.3. The van der Waals surface area contributed by atoms with Crippen molar-refractivity contribution in [1.82, 2.24) is 0 Å². The summed E-state index contributed by atoms with van der Waals surface area (Å²) in [6.07, 6.45) is -0.00641. The molecule has 0 saturated heterocycles. The van der Waals surface area contributed by atoms with E-state index in [4.69, 9.17) is 9.16 Å². The summed E-state index contributed by atoms with van der Waals surface area (Å²) in [5, 5.41) is 11.0. The maximum atomic E-state index is 10.8. The van der Waals surface area contributed by atoms with Gasteiger partial charge in [-0.2, -0.15) is 0 Å². The monoisotopic (exact) mass is 341 g/mol. The molecule has 1 aromatic rings. The highest BCUT2D eigenvalue weighted by Gasteiger charge is 2.38. The maximum Gasteiger partial charge on any atom is 0.270 e. The van der Waals surface area contributed by atoms with Crippen molar-refractivity contribution in [3.63, 3.8) is 0 Å². The molecule has 0 aromatic heterocycles. The highest BCUT2D eigenvalue weighted by atomic mass is 32.2. The number of hydrogen-bond acceptors (Lipinski definition) is 5. The molecule has 2 rings (SSSR count). The minimum absolute atomic E-state index is 0.00641. The third-order valence-corrected chi connectivity index (χ3v) is 9.96. The number of rotatable bonds is 4. The van der Waals surface area contributed by atoms with Gasteiger partial charge in [0, 0.05) is 17.9 Å². The largest absolute Gasteiger partial charge is 0.486 e. The van der Waals surface area contributed by atoms with E-state index in [-0.39, 0.29) is 21.8 Å². The van der Waals surface area contributed by atoms with Crippen molar-refractivity contribution in [2.45, 2.75) is 49.9 Å². The van der Waals surface area contributed by atoms with E-state index in [0.29, 0.717) is 12.4 Å². The zero-order valence-electron chi connectivity index (χ0n) is 13.7. The number of fused-ring (bicyclic) bond motifs is 1. The Kier molecular flexibility index (Phi) is 4.89. The number of non-ortho nitro benzene ring substituents is 1. The van der Waals surface area contributed by atoms with Crippen LogP contribution in [0.25, 0.3) is 0 Å². The Labute approximate surface area is 136 Å². The zero-order chi connectivity index (χ0) is 16.5. The van der Waals surface area contributed by atoms with E-state index in [9.17, 15) is 10.1 Å². The van der Waals surface area contributed by atoms with Gasteiger partial charge in [-0.15, -0.1) is 11.8 Å². The summed E-state index contributed by atoms with van der Waals surface area (Å²) in [6.45, 7) is 11.7. The van der Waals surface area contributed by atoms with Gasteiger partial charge in [-0.05, 0) is 24.2 Å². The lowest BCUT2D eigenvalue weighted by atomic mass is 10.2. The summed E-state index contributed by atoms with van der Waals surface area (Å²) in [4.78, 5) is 11.2. The number of nitro benzene ring substituents is 1. The Bertz CT molecular complexity index is 571. The molecule has 0 saturated carbocycles. The fraction of sp³-hybridized carbons (Fsp3) is 0.600. The molecule has 1 aliphatic rings. The first-order valence-electron chi connectivity index (χ1n) is 7.32. The molecule has 0 spiro atoms. The Balaban J connectivity index is 2.00. The molecular weight excluding hydrogens is 318 g/mol. The molecule has 1 aliphatic heterocycles. The number of benzene rings is 1. The van der Waals surface area contributed by atoms with E-state index >= 15 is 0 Å². The lowest BCUT2D eigenvalue weighted by Crippen LogP contribution is -2.44. The van der Waals surface area contributed by atoms with Crippen molar-refractivity contribution in [2.75, 3.05) is 12.4 Å². The predicted octanol–water partition coefficient (Wildman–Crippen LogP) is 4.47. The summed E-state index contributed by atoms with van der Waals surface area (Å²) in [5.74, 6) is 1.47. The minimum Gasteiger partial charge on any atom is -0.486 e. The number of nitro groups is 1. The van der Waals surface area contributed by atoms with Crippen LogP contribution in [0, 0.1) is 10.1 Å². The molecule has 22 heavy (non-hydrogen) atoms. The Morgan fingerprint density at radius 1 is 1.45 bits per heavy atom. The van der Waals surface area contributed by atoms with Crippen molar-refractivity contribution in [1.29, 1.82) is 0 Å². The van der Waals surface area contributed by atoms with Crippen LogP contribution >= 0.6 is 11.8 Å². The quantitative estimate of drug-likeness (QED) is 0.459. The van der Waals surface area contributed by atoms with Crippen molar-refractivity contribution >= 4 is 25.8 Å². The van der Waals surface area contributed by atoms with Crippen molar-refractivity contribution < 1.29 is 14.1 Å². The highest BCUT2D eigenvalue weighted by Crippen LogP contribution is 2.39. The molecule has 0 radical (unpaired) electrons. The van der Waals surface area contributed by atoms with Crippen molar-refractivity contribution in [3.8, 4) is 5.75 Å². The minimum atomic E-state index is -1.78. The lowest BCUT2D eigenvalue weighted by Gasteiger charge is -2.37. The van der Waals surface area contributed by atoms with Crippen LogP contribution in [-0.2, 0) is 4.43 Å². The van der Waals surface area contributed by atoms with Crippen LogP contribution in [0.3, 0.4) is 0 Å². The average molecular weight is 342 g/mol. The molecule has 0 bridgehead atoms. The molecule has 1 unspecified atom stereocenters. The first-order chi connectivity index (χ1) is 10.1. The summed E-state index contributed by atoms with van der Waals surface area (Å²) in [5.41, 5.74) is 0.103.